The largest absolute Gasteiger partial charge is 0.282 e. The number of hydrogen-bond acceptors (Lipinski definition) is 7. The molecule has 0 spiro atoms. The van der Waals surface area contributed by atoms with Crippen LogP contribution in [0.25, 0.3) is 28.1 Å². The van der Waals surface area contributed by atoms with E-state index in [1.54, 1.807) is 0 Å². The average Bonchev–Trinajstić information content (AvgIpc) is 3.24. The van der Waals surface area contributed by atoms with Crippen molar-refractivity contribution in [2.45, 2.75) is 11.3 Å². The first-order valence-corrected chi connectivity index (χ1v) is 12.1. The maximum atomic E-state index is 14.2. The molecular formula is C23H16F2N4O6S. The van der Waals surface area contributed by atoms with Gasteiger partial charge in [0.25, 0.3) is 17.8 Å². The van der Waals surface area contributed by atoms with Crippen LogP contribution in [0.15, 0.2) is 77.7 Å². The summed E-state index contributed by atoms with van der Waals surface area (Å²) in [5, 5.41) is 26.2. The number of benzene rings is 3. The molecule has 0 saturated carbocycles. The highest BCUT2D eigenvalue weighted by atomic mass is 32.2. The fraction of sp³-hybridized carbons (Fsp3) is 0.0870. The zero-order valence-electron chi connectivity index (χ0n) is 18.4. The van der Waals surface area contributed by atoms with Gasteiger partial charge in [0.05, 0.1) is 26.1 Å². The van der Waals surface area contributed by atoms with Crippen LogP contribution < -0.4 is 0 Å². The molecule has 0 radical (unpaired) electrons. The van der Waals surface area contributed by atoms with Crippen LogP contribution in [0, 0.1) is 20.2 Å². The van der Waals surface area contributed by atoms with Crippen molar-refractivity contribution in [2.24, 2.45) is 0 Å². The second-order valence-corrected chi connectivity index (χ2v) is 9.71. The molecule has 184 valence electrons. The molecular weight excluding hydrogens is 498 g/mol. The van der Waals surface area contributed by atoms with Gasteiger partial charge in [-0.3, -0.25) is 20.2 Å². The van der Waals surface area contributed by atoms with Gasteiger partial charge in [0.2, 0.25) is 0 Å². The predicted molar refractivity (Wildman–Crippen MR) is 126 cm³/mol. The molecule has 0 amide bonds. The molecule has 0 N–H and O–H groups in total. The minimum Gasteiger partial charge on any atom is -0.258 e. The van der Waals surface area contributed by atoms with Crippen molar-refractivity contribution in [1.82, 2.24) is 9.78 Å². The first kappa shape index (κ1) is 24.6. The number of rotatable bonds is 7. The van der Waals surface area contributed by atoms with Crippen molar-refractivity contribution < 1.29 is 27.0 Å². The van der Waals surface area contributed by atoms with E-state index in [0.717, 1.165) is 6.26 Å². The highest BCUT2D eigenvalue weighted by Gasteiger charge is 2.27. The van der Waals surface area contributed by atoms with Crippen LogP contribution in [0.1, 0.15) is 12.1 Å². The van der Waals surface area contributed by atoms with E-state index in [4.69, 9.17) is 0 Å². The van der Waals surface area contributed by atoms with Gasteiger partial charge >= 0.3 is 0 Å². The van der Waals surface area contributed by atoms with Gasteiger partial charge in [0.1, 0.15) is 5.69 Å². The van der Waals surface area contributed by atoms with E-state index in [2.05, 4.69) is 5.10 Å². The van der Waals surface area contributed by atoms with Crippen LogP contribution in [0.4, 0.5) is 20.2 Å². The first-order chi connectivity index (χ1) is 17.0. The van der Waals surface area contributed by atoms with Gasteiger partial charge in [-0.25, -0.2) is 21.9 Å². The van der Waals surface area contributed by atoms with Crippen molar-refractivity contribution in [3.63, 3.8) is 0 Å². The summed E-state index contributed by atoms with van der Waals surface area (Å²) in [5.41, 5.74) is -0.172. The summed E-state index contributed by atoms with van der Waals surface area (Å²) >= 11 is 0. The van der Waals surface area contributed by atoms with Crippen molar-refractivity contribution in [3.05, 3.63) is 98.7 Å². The summed E-state index contributed by atoms with van der Waals surface area (Å²) in [6, 6.07) is 15.5. The van der Waals surface area contributed by atoms with Crippen molar-refractivity contribution in [3.8, 4) is 28.1 Å². The van der Waals surface area contributed by atoms with Gasteiger partial charge in [-0.15, -0.1) is 0 Å². The van der Waals surface area contributed by atoms with Gasteiger partial charge in [-0.05, 0) is 42.0 Å². The molecule has 0 atom stereocenters. The molecule has 10 nitrogen and oxygen atoms in total. The van der Waals surface area contributed by atoms with Crippen LogP contribution in [-0.2, 0) is 9.84 Å². The zero-order chi connectivity index (χ0) is 26.2. The Balaban J connectivity index is 2.01. The topological polar surface area (TPSA) is 138 Å². The first-order valence-electron chi connectivity index (χ1n) is 10.2. The normalized spacial score (nSPS) is 11.6. The number of aromatic nitrogens is 2. The molecule has 3 aromatic carbocycles. The molecule has 4 rings (SSSR count). The molecule has 0 saturated heterocycles. The summed E-state index contributed by atoms with van der Waals surface area (Å²) in [5.74, 6) is 0. The number of nitro groups is 2. The lowest BCUT2D eigenvalue weighted by Crippen LogP contribution is -2.01. The third kappa shape index (κ3) is 4.68. The smallest absolute Gasteiger partial charge is 0.258 e. The van der Waals surface area contributed by atoms with Crippen LogP contribution in [0.2, 0.25) is 0 Å². The Morgan fingerprint density at radius 3 is 1.72 bits per heavy atom. The van der Waals surface area contributed by atoms with Crippen molar-refractivity contribution in [1.29, 1.82) is 0 Å². The maximum absolute atomic E-state index is 14.2. The molecule has 0 aliphatic heterocycles. The lowest BCUT2D eigenvalue weighted by Gasteiger charge is -2.11. The minimum atomic E-state index is -3.53. The lowest BCUT2D eigenvalue weighted by atomic mass is 9.98. The van der Waals surface area contributed by atoms with E-state index in [0.29, 0.717) is 5.56 Å². The van der Waals surface area contributed by atoms with Crippen molar-refractivity contribution >= 4 is 21.2 Å². The van der Waals surface area contributed by atoms with E-state index >= 15 is 0 Å². The Morgan fingerprint density at radius 1 is 0.806 bits per heavy atom. The summed E-state index contributed by atoms with van der Waals surface area (Å²) in [7, 11) is -3.53. The molecule has 13 heteroatoms. The quantitative estimate of drug-likeness (QED) is 0.239. The molecule has 1 aromatic heterocycles. The molecule has 36 heavy (non-hydrogen) atoms. The summed E-state index contributed by atoms with van der Waals surface area (Å²) in [6.45, 7) is 0. The fourth-order valence-corrected chi connectivity index (χ4v) is 4.28. The third-order valence-corrected chi connectivity index (χ3v) is 6.48. The van der Waals surface area contributed by atoms with Crippen molar-refractivity contribution in [2.75, 3.05) is 6.26 Å². The number of nitro benzene ring substituents is 2. The van der Waals surface area contributed by atoms with E-state index in [1.165, 1.54) is 77.5 Å². The van der Waals surface area contributed by atoms with Crippen LogP contribution >= 0.6 is 0 Å². The van der Waals surface area contributed by atoms with Crippen LogP contribution in [0.3, 0.4) is 0 Å². The number of non-ortho nitro benzene ring substituents is 2. The van der Waals surface area contributed by atoms with E-state index in [9.17, 15) is 37.4 Å². The molecule has 4 aromatic rings. The monoisotopic (exact) mass is 514 g/mol. The second kappa shape index (κ2) is 9.26. The number of halogens is 2. The van der Waals surface area contributed by atoms with E-state index < -0.39 is 31.8 Å². The number of hydrogen-bond donors (Lipinski definition) is 0. The van der Waals surface area contributed by atoms with Gasteiger partial charge < -0.3 is 0 Å². The van der Waals surface area contributed by atoms with Gasteiger partial charge in [-0.2, -0.15) is 5.10 Å². The number of nitrogens with zero attached hydrogens (tertiary/aromatic N) is 4. The molecule has 1 heterocycles. The Morgan fingerprint density at radius 2 is 1.28 bits per heavy atom. The maximum Gasteiger partial charge on any atom is 0.282 e. The summed E-state index contributed by atoms with van der Waals surface area (Å²) in [4.78, 5) is 20.9. The Hall–Kier alpha value is -4.52. The molecule has 0 bridgehead atoms. The van der Waals surface area contributed by atoms with Gasteiger partial charge in [0, 0.05) is 41.6 Å². The predicted octanol–water partition coefficient (Wildman–Crippen LogP) is 5.36. The molecule has 0 aliphatic carbocycles. The Bertz CT molecular complexity index is 1570. The summed E-state index contributed by atoms with van der Waals surface area (Å²) in [6.07, 6.45) is -2.01. The highest BCUT2D eigenvalue weighted by molar-refractivity contribution is 7.90. The van der Waals surface area contributed by atoms with Crippen LogP contribution in [-0.4, -0.2) is 34.3 Å². The SMILES string of the molecule is CS(=O)(=O)c1ccc(-c2c(-c3ccc([N+](=O)[O-])cc3)c(C(F)F)nn2-c2ccc([N+](=O)[O-])cc2)cc1. The Labute approximate surface area is 202 Å². The van der Waals surface area contributed by atoms with Gasteiger partial charge in [0.15, 0.2) is 9.84 Å². The van der Waals surface area contributed by atoms with Crippen LogP contribution in [0.5, 0.6) is 0 Å². The van der Waals surface area contributed by atoms with Gasteiger partial charge in [-0.1, -0.05) is 12.1 Å². The average molecular weight is 514 g/mol. The molecule has 0 fully saturated rings. The standard InChI is InChI=1S/C23H16F2N4O6S/c1-36(34,35)19-12-4-15(5-13-19)22-20(14-2-6-17(7-3-14)28(30)31)21(23(24)25)26-27(22)16-8-10-18(11-9-16)29(32)33/h2-13,23H,1H3. The second-order valence-electron chi connectivity index (χ2n) is 7.70. The minimum absolute atomic E-state index is 0.0126. The zero-order valence-corrected chi connectivity index (χ0v) is 19.2. The fourth-order valence-electron chi connectivity index (χ4n) is 3.65. The lowest BCUT2D eigenvalue weighted by molar-refractivity contribution is -0.385. The Kier molecular flexibility index (Phi) is 6.33. The summed E-state index contributed by atoms with van der Waals surface area (Å²) < 4.78 is 53.3. The highest BCUT2D eigenvalue weighted by Crippen LogP contribution is 2.41. The third-order valence-electron chi connectivity index (χ3n) is 5.35. The van der Waals surface area contributed by atoms with E-state index in [1.807, 2.05) is 0 Å². The van der Waals surface area contributed by atoms with E-state index in [-0.39, 0.29) is 38.8 Å². The molecule has 0 aliphatic rings. The number of sulfone groups is 1. The molecule has 0 unspecified atom stereocenters. The number of alkyl halides is 2.